The van der Waals surface area contributed by atoms with Crippen molar-refractivity contribution in [3.8, 4) is 0 Å². The molecule has 0 unspecified atom stereocenters. The monoisotopic (exact) mass is 513 g/mol. The van der Waals surface area contributed by atoms with Gasteiger partial charge in [0.25, 0.3) is 0 Å². The third-order valence-electron chi connectivity index (χ3n) is 3.61. The Morgan fingerprint density at radius 2 is 1.37 bits per heavy atom. The summed E-state index contributed by atoms with van der Waals surface area (Å²) in [6, 6.07) is 2.24. The van der Waals surface area contributed by atoms with E-state index >= 15 is 0 Å². The molecule has 1 rings (SSSR count). The number of unbranched alkanes of at least 4 members (excludes halogenated alkanes) is 3. The molecular formula is C24H49Cl2NOSiTi-2. The van der Waals surface area contributed by atoms with Crippen LogP contribution in [0.1, 0.15) is 89.5 Å². The van der Waals surface area contributed by atoms with Gasteiger partial charge in [-0.25, -0.2) is 0 Å². The molecule has 0 aliphatic heterocycles. The summed E-state index contributed by atoms with van der Waals surface area (Å²) >= 11 is 0. The van der Waals surface area contributed by atoms with Crippen molar-refractivity contribution in [2.24, 2.45) is 0 Å². The normalized spacial score (nSPS) is 9.67. The first-order valence-electron chi connectivity index (χ1n) is 10.3. The Morgan fingerprint density at radius 1 is 0.967 bits per heavy atom. The number of rotatable bonds is 5. The third kappa shape index (κ3) is 36.2. The Morgan fingerprint density at radius 3 is 1.57 bits per heavy atom. The van der Waals surface area contributed by atoms with E-state index in [0.29, 0.717) is 0 Å². The number of hydrogen-bond donors (Lipinski definition) is 0. The molecule has 0 aliphatic rings. The molecule has 2 nitrogen and oxygen atoms in total. The molecule has 30 heavy (non-hydrogen) atoms. The van der Waals surface area contributed by atoms with Crippen molar-refractivity contribution < 1.29 is 51.3 Å². The van der Waals surface area contributed by atoms with Crippen LogP contribution < -0.4 is 24.8 Å². The molecular weight excluding hydrogens is 465 g/mol. The van der Waals surface area contributed by atoms with E-state index < -0.39 is 0 Å². The molecule has 0 amide bonds. The van der Waals surface area contributed by atoms with Crippen LogP contribution in [-0.2, 0) is 26.5 Å². The molecule has 1 N–H and O–H groups in total. The van der Waals surface area contributed by atoms with Gasteiger partial charge in [0.15, 0.2) is 0 Å². The topological polar surface area (TPSA) is 33.0 Å². The molecule has 0 aromatic heterocycles. The van der Waals surface area contributed by atoms with Crippen LogP contribution in [0.4, 0.5) is 0 Å². The van der Waals surface area contributed by atoms with Gasteiger partial charge < -0.3 is 42.2 Å². The average Bonchev–Trinajstić information content (AvgIpc) is 2.73. The Hall–Kier alpha value is 0.781. The van der Waals surface area contributed by atoms with Gasteiger partial charge in [0, 0.05) is 16.8 Å². The standard InChI is InChI=1S/C10H21O.C9H13.C4H10N.CH5Si.2ClH.Ti/c1-5-6-7-8-9-11-10(2,3)4;1-6-5-7(2)9(4)8(6)3;1-4(2,3)5;1-2;;;/h1,5-9H2,2-4H3;5H,1-4H3;5H,1-3H3;2H2,1H3;2*1H;/q3*-1;;;;+3/p-2. The quantitative estimate of drug-likeness (QED) is 0.332. The molecule has 0 saturated heterocycles. The van der Waals surface area contributed by atoms with Crippen molar-refractivity contribution in [2.75, 3.05) is 6.61 Å². The van der Waals surface area contributed by atoms with E-state index in [-0.39, 0.29) is 57.7 Å². The summed E-state index contributed by atoms with van der Waals surface area (Å²) in [7, 11) is 1.86. The van der Waals surface area contributed by atoms with Gasteiger partial charge in [-0.3, -0.25) is 0 Å². The maximum absolute atomic E-state index is 6.94. The fourth-order valence-electron chi connectivity index (χ4n) is 1.97. The van der Waals surface area contributed by atoms with Gasteiger partial charge in [-0.1, -0.05) is 67.9 Å². The van der Waals surface area contributed by atoms with Gasteiger partial charge in [-0.05, 0) is 27.2 Å². The minimum atomic E-state index is -0.250. The maximum Gasteiger partial charge on any atom is 3.00 e. The molecule has 1 aromatic rings. The molecule has 0 spiro atoms. The second-order valence-corrected chi connectivity index (χ2v) is 8.89. The summed E-state index contributed by atoms with van der Waals surface area (Å²) in [5, 5.41) is 0. The Labute approximate surface area is 220 Å². The Bertz CT molecular complexity index is 438. The third-order valence-corrected chi connectivity index (χ3v) is 3.61. The summed E-state index contributed by atoms with van der Waals surface area (Å²) in [4.78, 5) is 0. The molecule has 180 valence electrons. The number of nitrogens with one attached hydrogen (secondary N) is 1. The summed E-state index contributed by atoms with van der Waals surface area (Å²) in [5.74, 6) is 0. The van der Waals surface area contributed by atoms with Crippen LogP contribution in [0.3, 0.4) is 0 Å². The summed E-state index contributed by atoms with van der Waals surface area (Å²) < 4.78 is 5.56. The second-order valence-electron chi connectivity index (χ2n) is 8.89. The first-order valence-corrected chi connectivity index (χ1v) is 11.7. The fraction of sp³-hybridized carbons (Fsp3) is 0.750. The van der Waals surface area contributed by atoms with E-state index in [2.05, 4.69) is 61.5 Å². The zero-order chi connectivity index (χ0) is 22.3. The molecule has 0 aliphatic carbocycles. The first-order chi connectivity index (χ1) is 12.2. The average molecular weight is 515 g/mol. The minimum absolute atomic E-state index is 0. The number of aryl methyl sites for hydroxylation is 2. The van der Waals surface area contributed by atoms with Crippen LogP contribution in [0.2, 0.25) is 6.55 Å². The van der Waals surface area contributed by atoms with Crippen LogP contribution in [0.15, 0.2) is 6.07 Å². The zero-order valence-electron chi connectivity index (χ0n) is 21.7. The van der Waals surface area contributed by atoms with Gasteiger partial charge in [0.1, 0.15) is 0 Å². The Balaban J connectivity index is -0.0000000690. The molecule has 0 saturated carbocycles. The van der Waals surface area contributed by atoms with E-state index in [0.717, 1.165) is 13.0 Å². The van der Waals surface area contributed by atoms with Crippen LogP contribution >= 0.6 is 0 Å². The van der Waals surface area contributed by atoms with E-state index in [1.54, 1.807) is 0 Å². The van der Waals surface area contributed by atoms with Gasteiger partial charge >= 0.3 is 21.7 Å². The van der Waals surface area contributed by atoms with Crippen LogP contribution in [0.5, 0.6) is 0 Å². The van der Waals surface area contributed by atoms with E-state index in [4.69, 9.17) is 10.5 Å². The summed E-state index contributed by atoms with van der Waals surface area (Å²) in [5.41, 5.74) is 12.5. The smallest absolute Gasteiger partial charge is 1.00 e. The first kappa shape index (κ1) is 44.5. The zero-order valence-corrected chi connectivity index (χ0v) is 26.2. The van der Waals surface area contributed by atoms with Crippen molar-refractivity contribution in [1.29, 1.82) is 0 Å². The fourth-order valence-corrected chi connectivity index (χ4v) is 1.97. The van der Waals surface area contributed by atoms with E-state index in [1.165, 1.54) is 41.5 Å². The van der Waals surface area contributed by atoms with Gasteiger partial charge in [0.05, 0.1) is 5.60 Å². The molecule has 1 aromatic carbocycles. The molecule has 0 heterocycles. The van der Waals surface area contributed by atoms with Gasteiger partial charge in [-0.2, -0.15) is 34.7 Å². The molecule has 0 fully saturated rings. The molecule has 2 radical (unpaired) electrons. The maximum atomic E-state index is 6.94. The van der Waals surface area contributed by atoms with Crippen molar-refractivity contribution in [1.82, 2.24) is 0 Å². The number of ether oxygens (including phenoxy) is 1. The van der Waals surface area contributed by atoms with Crippen molar-refractivity contribution in [3.63, 3.8) is 0 Å². The SMILES string of the molecule is CC(C)(C)[NH-].C[SiH2].Cc1c[c-](C)c(C)c1C.[CH2-]CCCCCOC(C)(C)C.[Cl-].[Cl-].[Ti+3]. The summed E-state index contributed by atoms with van der Waals surface area (Å²) in [6.45, 7) is 27.2. The number of hydrogen-bond acceptors (Lipinski definition) is 1. The second kappa shape index (κ2) is 24.4. The molecule has 0 atom stereocenters. The predicted molar refractivity (Wildman–Crippen MR) is 129 cm³/mol. The van der Waals surface area contributed by atoms with Crippen molar-refractivity contribution in [2.45, 2.75) is 113 Å². The predicted octanol–water partition coefficient (Wildman–Crippen LogP) is 1.35. The Kier molecular flexibility index (Phi) is 36.2. The van der Waals surface area contributed by atoms with Crippen LogP contribution in [-0.4, -0.2) is 28.0 Å². The molecule has 6 heteroatoms. The summed E-state index contributed by atoms with van der Waals surface area (Å²) in [6.07, 6.45) is 4.70. The molecule has 0 bridgehead atoms. The number of halogens is 2. The van der Waals surface area contributed by atoms with E-state index in [1.807, 2.05) is 37.6 Å². The van der Waals surface area contributed by atoms with Gasteiger partial charge in [-0.15, -0.1) is 5.54 Å². The van der Waals surface area contributed by atoms with Crippen LogP contribution in [0.25, 0.3) is 5.73 Å². The van der Waals surface area contributed by atoms with Gasteiger partial charge in [0.2, 0.25) is 0 Å². The van der Waals surface area contributed by atoms with Crippen LogP contribution in [0, 0.1) is 34.6 Å². The minimum Gasteiger partial charge on any atom is -1.00 e. The van der Waals surface area contributed by atoms with Crippen molar-refractivity contribution >= 4 is 10.2 Å². The van der Waals surface area contributed by atoms with E-state index in [9.17, 15) is 0 Å². The largest absolute Gasteiger partial charge is 3.00 e. The van der Waals surface area contributed by atoms with Crippen molar-refractivity contribution in [3.05, 3.63) is 41.0 Å².